The van der Waals surface area contributed by atoms with Crippen LogP contribution in [0.4, 0.5) is 0 Å². The van der Waals surface area contributed by atoms with Crippen molar-refractivity contribution in [1.82, 2.24) is 0 Å². The predicted molar refractivity (Wildman–Crippen MR) is 10.4 cm³/mol. The summed E-state index contributed by atoms with van der Waals surface area (Å²) >= 11 is 0. The fraction of sp³-hybridized carbons (Fsp3) is 0. The number of nitrogens with one attached hydrogen (secondary N) is 2. The second-order valence-electron chi connectivity index (χ2n) is 0.125. The van der Waals surface area contributed by atoms with Gasteiger partial charge in [0.15, 0.2) is 0 Å². The summed E-state index contributed by atoms with van der Waals surface area (Å²) in [6, 6.07) is 1.25. The van der Waals surface area contributed by atoms with Crippen LogP contribution in [0.2, 0.25) is 0 Å². The molecule has 0 aromatic rings. The fourth-order valence-corrected chi connectivity index (χ4v) is 0. The van der Waals surface area contributed by atoms with E-state index < -0.39 is 0 Å². The molecule has 3 heteroatoms. The molecule has 0 bridgehead atoms. The van der Waals surface area contributed by atoms with Crippen molar-refractivity contribution in [2.75, 3.05) is 0 Å². The first-order valence-corrected chi connectivity index (χ1v) is 0.500. The van der Waals surface area contributed by atoms with Gasteiger partial charge in [0.2, 0.25) is 0 Å². The van der Waals surface area contributed by atoms with Crippen LogP contribution in [0.5, 0.6) is 0 Å². The van der Waals surface area contributed by atoms with E-state index in [1.54, 1.807) is 0 Å². The van der Waals surface area contributed by atoms with Gasteiger partial charge in [-0.3, -0.25) is 0 Å². The molecule has 0 radical (unpaired) electrons. The summed E-state index contributed by atoms with van der Waals surface area (Å²) in [5.74, 6) is 0. The van der Waals surface area contributed by atoms with Crippen LogP contribution >= 0.6 is 0 Å². The molecule has 0 fully saturated rings. The zero-order valence-corrected chi connectivity index (χ0v) is 2.80. The Hall–Kier alpha value is -0.126. The Morgan fingerprint density at radius 2 is 1.25 bits per heavy atom. The zero-order chi connectivity index (χ0) is 2.71. The molecular formula is CH2N2Ni. The van der Waals surface area contributed by atoms with Gasteiger partial charge in [-0.2, -0.15) is 0 Å². The normalized spacial score (nSPS) is 2.00. The van der Waals surface area contributed by atoms with E-state index in [0.29, 0.717) is 0 Å². The first-order chi connectivity index (χ1) is 1.41. The molecular weight excluding hydrogens is 98.7 g/mol. The summed E-state index contributed by atoms with van der Waals surface area (Å²) in [7, 11) is 0. The molecule has 0 aliphatic carbocycles. The molecule has 26 valence electrons. The minimum Gasteiger partial charge on any atom is -0.242 e. The van der Waals surface area contributed by atoms with Crippen molar-refractivity contribution in [2.45, 2.75) is 0 Å². The van der Waals surface area contributed by atoms with Crippen molar-refractivity contribution in [3.8, 4) is 0 Å². The summed E-state index contributed by atoms with van der Waals surface area (Å²) in [5, 5.41) is 11.2. The number of hydrogen-bond acceptors (Lipinski definition) is 2. The summed E-state index contributed by atoms with van der Waals surface area (Å²) in [4.78, 5) is 0. The Kier molecular flexibility index (Phi) is 30.1. The van der Waals surface area contributed by atoms with Gasteiger partial charge in [-0.25, -0.2) is 10.8 Å². The molecule has 0 aliphatic rings. The van der Waals surface area contributed by atoms with Crippen LogP contribution in [0.3, 0.4) is 0 Å². The van der Waals surface area contributed by atoms with Crippen LogP contribution in [-0.2, 0) is 16.5 Å². The van der Waals surface area contributed by atoms with Crippen LogP contribution in [-0.4, -0.2) is 6.01 Å². The van der Waals surface area contributed by atoms with Crippen molar-refractivity contribution in [2.24, 2.45) is 0 Å². The first-order valence-electron chi connectivity index (χ1n) is 0.500. The second-order valence-corrected chi connectivity index (χ2v) is 0.125. The van der Waals surface area contributed by atoms with Crippen LogP contribution in [0.1, 0.15) is 0 Å². The van der Waals surface area contributed by atoms with E-state index >= 15 is 0 Å². The van der Waals surface area contributed by atoms with E-state index in [1.165, 1.54) is 6.01 Å². The third kappa shape index (κ3) is 89.3. The summed E-state index contributed by atoms with van der Waals surface area (Å²) in [5.41, 5.74) is 0. The Balaban J connectivity index is 0. The van der Waals surface area contributed by atoms with E-state index in [4.69, 9.17) is 10.8 Å². The quantitative estimate of drug-likeness (QED) is 0.326. The minimum absolute atomic E-state index is 0. The van der Waals surface area contributed by atoms with Gasteiger partial charge in [0.25, 0.3) is 0 Å². The van der Waals surface area contributed by atoms with E-state index in [9.17, 15) is 0 Å². The van der Waals surface area contributed by atoms with E-state index in [-0.39, 0.29) is 16.5 Å². The minimum atomic E-state index is 0. The zero-order valence-electron chi connectivity index (χ0n) is 1.82. The topological polar surface area (TPSA) is 47.7 Å². The SMILES string of the molecule is N=C=N.[Ni]. The predicted octanol–water partition coefficient (Wildman–Crippen LogP) is 0.315. The van der Waals surface area contributed by atoms with Gasteiger partial charge in [0.05, 0.1) is 6.01 Å². The second kappa shape index (κ2) is 13.2. The van der Waals surface area contributed by atoms with Gasteiger partial charge < -0.3 is 0 Å². The standard InChI is InChI=1S/CH2N2.Ni/c2-1-3;/h2-3H;. The summed E-state index contributed by atoms with van der Waals surface area (Å²) in [6.07, 6.45) is 0. The average molecular weight is 101 g/mol. The Morgan fingerprint density at radius 3 is 1.25 bits per heavy atom. The molecule has 0 aliphatic heterocycles. The maximum atomic E-state index is 5.62. The van der Waals surface area contributed by atoms with Crippen LogP contribution < -0.4 is 0 Å². The number of rotatable bonds is 0. The fourth-order valence-electron chi connectivity index (χ4n) is 0. The molecule has 0 saturated heterocycles. The molecule has 0 spiro atoms. The average Bonchev–Trinajstić information content (AvgIpc) is 0.918. The van der Waals surface area contributed by atoms with Gasteiger partial charge in [-0.15, -0.1) is 0 Å². The summed E-state index contributed by atoms with van der Waals surface area (Å²) in [6.45, 7) is 0. The van der Waals surface area contributed by atoms with E-state index in [0.717, 1.165) is 0 Å². The van der Waals surface area contributed by atoms with Crippen LogP contribution in [0.15, 0.2) is 0 Å². The van der Waals surface area contributed by atoms with Crippen molar-refractivity contribution in [3.63, 3.8) is 0 Å². The molecule has 4 heavy (non-hydrogen) atoms. The molecule has 2 N–H and O–H groups in total. The largest absolute Gasteiger partial charge is 0.242 e. The van der Waals surface area contributed by atoms with Gasteiger partial charge in [0.1, 0.15) is 0 Å². The maximum absolute atomic E-state index is 5.62. The van der Waals surface area contributed by atoms with Gasteiger partial charge in [-0.1, -0.05) is 0 Å². The molecule has 0 amide bonds. The molecule has 0 unspecified atom stereocenters. The Bertz CT molecular complexity index is 27.0. The maximum Gasteiger partial charge on any atom is 0.0831 e. The first kappa shape index (κ1) is 9.11. The molecule has 0 aromatic carbocycles. The van der Waals surface area contributed by atoms with Crippen molar-refractivity contribution < 1.29 is 16.5 Å². The molecule has 0 aromatic heterocycles. The van der Waals surface area contributed by atoms with Gasteiger partial charge >= 0.3 is 0 Å². The molecule has 0 atom stereocenters. The monoisotopic (exact) mass is 100.0 g/mol. The number of hydrogen-bond donors (Lipinski definition) is 2. The van der Waals surface area contributed by atoms with E-state index in [1.807, 2.05) is 0 Å². The Morgan fingerprint density at radius 1 is 1.25 bits per heavy atom. The van der Waals surface area contributed by atoms with Gasteiger partial charge in [-0.05, 0) is 0 Å². The molecule has 0 heterocycles. The smallest absolute Gasteiger partial charge is 0.0831 e. The molecule has 2 nitrogen and oxygen atoms in total. The van der Waals surface area contributed by atoms with E-state index in [2.05, 4.69) is 0 Å². The van der Waals surface area contributed by atoms with Crippen LogP contribution in [0, 0.1) is 10.8 Å². The van der Waals surface area contributed by atoms with Crippen LogP contribution in [0.25, 0.3) is 0 Å². The van der Waals surface area contributed by atoms with Crippen molar-refractivity contribution >= 4 is 6.01 Å². The summed E-state index contributed by atoms with van der Waals surface area (Å²) < 4.78 is 0. The molecule has 0 rings (SSSR count). The van der Waals surface area contributed by atoms with Gasteiger partial charge in [0, 0.05) is 16.5 Å². The Labute approximate surface area is 34.2 Å². The molecule has 0 saturated carbocycles. The third-order valence-electron chi connectivity index (χ3n) is 0. The van der Waals surface area contributed by atoms with Crippen molar-refractivity contribution in [1.29, 1.82) is 10.8 Å². The third-order valence-corrected chi connectivity index (χ3v) is 0. The van der Waals surface area contributed by atoms with Crippen molar-refractivity contribution in [3.05, 3.63) is 0 Å².